The molecule has 10 unspecified atom stereocenters. The Morgan fingerprint density at radius 3 is 2.31 bits per heavy atom. The van der Waals surface area contributed by atoms with Crippen molar-refractivity contribution in [1.82, 2.24) is 5.32 Å². The van der Waals surface area contributed by atoms with Crippen LogP contribution in [0.15, 0.2) is 48.6 Å². The average molecular weight is 622 g/mol. The maximum absolute atomic E-state index is 14.0. The van der Waals surface area contributed by atoms with E-state index in [2.05, 4.69) is 45.7 Å². The third-order valence-corrected chi connectivity index (χ3v) is 14.0. The van der Waals surface area contributed by atoms with Gasteiger partial charge >= 0.3 is 0 Å². The minimum atomic E-state index is -0.906. The Kier molecular flexibility index (Phi) is 11.1. The summed E-state index contributed by atoms with van der Waals surface area (Å²) in [6.45, 7) is 21.6. The standard InChI is InChI=1S/C36H55NO3.C3H6.C2H6/c1-32(2)28-14-20-34(4)26-13-22-36(31(39)37-23-16-24-8-6-17-33(3,40)19-12-24)18-7-9-27(36)25(26)10-11-29(34)35(28,5)21-15-30(32)38;1-3-2;1-2/h6,8,12,17,19,25-30,38,40H,7,9-11,13-16,18,20-23H2,1-5H3,(H,37,39);3H,1H2,2H3;1-2H3. The van der Waals surface area contributed by atoms with E-state index in [1.807, 2.05) is 39.0 Å². The number of amides is 1. The van der Waals surface area contributed by atoms with Crippen LogP contribution in [0.3, 0.4) is 0 Å². The first-order valence-corrected chi connectivity index (χ1v) is 18.6. The third kappa shape index (κ3) is 6.46. The van der Waals surface area contributed by atoms with Crippen molar-refractivity contribution in [1.29, 1.82) is 0 Å². The highest BCUT2D eigenvalue weighted by Crippen LogP contribution is 2.73. The maximum Gasteiger partial charge on any atom is 0.226 e. The Labute approximate surface area is 276 Å². The largest absolute Gasteiger partial charge is 0.393 e. The number of carbonyl (C=O) groups excluding carboxylic acids is 1. The molecule has 4 nitrogen and oxygen atoms in total. The number of aliphatic hydroxyl groups excluding tert-OH is 1. The molecule has 0 aliphatic heterocycles. The lowest BCUT2D eigenvalue weighted by Crippen LogP contribution is -2.63. The summed E-state index contributed by atoms with van der Waals surface area (Å²) in [5.74, 6) is 3.63. The summed E-state index contributed by atoms with van der Waals surface area (Å²) in [7, 11) is 0. The van der Waals surface area contributed by atoms with E-state index in [-0.39, 0.29) is 16.9 Å². The van der Waals surface area contributed by atoms with Crippen LogP contribution in [0.5, 0.6) is 0 Å². The van der Waals surface area contributed by atoms with E-state index in [4.69, 9.17) is 0 Å². The van der Waals surface area contributed by atoms with Crippen LogP contribution in [0.1, 0.15) is 132 Å². The Hall–Kier alpha value is -1.65. The fourth-order valence-corrected chi connectivity index (χ4v) is 12.0. The van der Waals surface area contributed by atoms with Crippen LogP contribution in [0.4, 0.5) is 0 Å². The molecule has 45 heavy (non-hydrogen) atoms. The lowest BCUT2D eigenvalue weighted by atomic mass is 9.36. The Morgan fingerprint density at radius 1 is 0.911 bits per heavy atom. The van der Waals surface area contributed by atoms with Crippen molar-refractivity contribution < 1.29 is 15.0 Å². The number of hydrogen-bond donors (Lipinski definition) is 3. The first kappa shape index (κ1) is 36.2. The Bertz CT molecular complexity index is 1150. The van der Waals surface area contributed by atoms with Crippen LogP contribution in [-0.4, -0.2) is 34.4 Å². The van der Waals surface area contributed by atoms with Crippen molar-refractivity contribution in [3.63, 3.8) is 0 Å². The predicted molar refractivity (Wildman–Crippen MR) is 189 cm³/mol. The van der Waals surface area contributed by atoms with Gasteiger partial charge in [0.15, 0.2) is 0 Å². The van der Waals surface area contributed by atoms with Crippen LogP contribution < -0.4 is 5.32 Å². The van der Waals surface area contributed by atoms with Crippen molar-refractivity contribution in [2.24, 2.45) is 51.2 Å². The van der Waals surface area contributed by atoms with Crippen LogP contribution in [-0.2, 0) is 4.79 Å². The first-order valence-electron chi connectivity index (χ1n) is 18.6. The number of carbonyl (C=O) groups is 1. The zero-order chi connectivity index (χ0) is 33.3. The molecule has 0 bridgehead atoms. The molecular weight excluding hydrogens is 554 g/mol. The Morgan fingerprint density at radius 2 is 1.60 bits per heavy atom. The number of rotatable bonds is 4. The summed E-state index contributed by atoms with van der Waals surface area (Å²) in [6.07, 6.45) is 25.0. The van der Waals surface area contributed by atoms with Gasteiger partial charge in [0.1, 0.15) is 0 Å². The van der Waals surface area contributed by atoms with Gasteiger partial charge in [0.2, 0.25) is 5.91 Å². The number of allylic oxidation sites excluding steroid dienone is 4. The van der Waals surface area contributed by atoms with Crippen molar-refractivity contribution in [2.75, 3.05) is 6.54 Å². The minimum Gasteiger partial charge on any atom is -0.393 e. The maximum atomic E-state index is 14.0. The average Bonchev–Trinajstić information content (AvgIpc) is 3.37. The highest BCUT2D eigenvalue weighted by atomic mass is 16.3. The zero-order valence-corrected chi connectivity index (χ0v) is 30.1. The Balaban J connectivity index is 0.000000871. The normalized spacial score (nSPS) is 44.1. The van der Waals surface area contributed by atoms with E-state index in [1.54, 1.807) is 19.1 Å². The first-order chi connectivity index (χ1) is 21.2. The molecular formula is C41H67NO3. The minimum absolute atomic E-state index is 0.00702. The molecule has 0 saturated heterocycles. The van der Waals surface area contributed by atoms with Crippen molar-refractivity contribution in [3.8, 4) is 0 Å². The molecule has 1 amide bonds. The SMILES string of the molecule is C=CC.CC.CC1(O)C=CC=C(CCNC(=O)C23CCCC2C2CCC4C(C)(CCC5C(C)(C)C(O)CCC54C)C2CC3)C=C1. The van der Waals surface area contributed by atoms with Crippen LogP contribution >= 0.6 is 0 Å². The van der Waals surface area contributed by atoms with Gasteiger partial charge < -0.3 is 15.5 Å². The van der Waals surface area contributed by atoms with Gasteiger partial charge in [0.25, 0.3) is 0 Å². The molecule has 0 aromatic rings. The molecule has 254 valence electrons. The second kappa shape index (κ2) is 13.8. The van der Waals surface area contributed by atoms with E-state index < -0.39 is 5.60 Å². The predicted octanol–water partition coefficient (Wildman–Crippen LogP) is 9.34. The smallest absolute Gasteiger partial charge is 0.226 e. The molecule has 6 rings (SSSR count). The molecule has 0 aromatic carbocycles. The van der Waals surface area contributed by atoms with Crippen LogP contribution in [0, 0.1) is 51.2 Å². The lowest BCUT2D eigenvalue weighted by Gasteiger charge is -2.69. The van der Waals surface area contributed by atoms with Gasteiger partial charge in [-0.1, -0.05) is 72.3 Å². The second-order valence-corrected chi connectivity index (χ2v) is 16.6. The number of aliphatic hydroxyl groups is 2. The quantitative estimate of drug-likeness (QED) is 0.274. The van der Waals surface area contributed by atoms with Gasteiger partial charge in [-0.25, -0.2) is 0 Å². The molecule has 4 heteroatoms. The number of nitrogens with one attached hydrogen (secondary N) is 1. The third-order valence-electron chi connectivity index (χ3n) is 14.0. The van der Waals surface area contributed by atoms with Gasteiger partial charge in [-0.05, 0) is 148 Å². The van der Waals surface area contributed by atoms with Crippen molar-refractivity contribution >= 4 is 5.91 Å². The lowest BCUT2D eigenvalue weighted by molar-refractivity contribution is -0.214. The molecule has 0 spiro atoms. The fraction of sp³-hybridized carbons (Fsp3) is 0.780. The number of fused-ring (bicyclic) bond motifs is 7. The molecule has 3 N–H and O–H groups in total. The highest BCUT2D eigenvalue weighted by molar-refractivity contribution is 5.83. The second-order valence-electron chi connectivity index (χ2n) is 16.6. The molecule has 0 radical (unpaired) electrons. The summed E-state index contributed by atoms with van der Waals surface area (Å²) >= 11 is 0. The van der Waals surface area contributed by atoms with Crippen LogP contribution in [0.2, 0.25) is 0 Å². The fourth-order valence-electron chi connectivity index (χ4n) is 12.0. The molecule has 6 aliphatic rings. The van der Waals surface area contributed by atoms with E-state index in [9.17, 15) is 15.0 Å². The summed E-state index contributed by atoms with van der Waals surface area (Å²) < 4.78 is 0. The van der Waals surface area contributed by atoms with E-state index in [1.165, 1.54) is 51.4 Å². The zero-order valence-electron chi connectivity index (χ0n) is 30.1. The summed E-state index contributed by atoms with van der Waals surface area (Å²) in [4.78, 5) is 14.0. The van der Waals surface area contributed by atoms with Crippen molar-refractivity contribution in [3.05, 3.63) is 48.6 Å². The molecule has 10 atom stereocenters. The topological polar surface area (TPSA) is 69.6 Å². The molecule has 5 fully saturated rings. The summed E-state index contributed by atoms with van der Waals surface area (Å²) in [5.41, 5.74) is 0.771. The molecule has 6 aliphatic carbocycles. The van der Waals surface area contributed by atoms with Gasteiger partial charge in [0, 0.05) is 6.54 Å². The van der Waals surface area contributed by atoms with Crippen molar-refractivity contribution in [2.45, 2.75) is 144 Å². The van der Waals surface area contributed by atoms with Gasteiger partial charge in [-0.3, -0.25) is 4.79 Å². The number of hydrogen-bond acceptors (Lipinski definition) is 3. The summed E-state index contributed by atoms with van der Waals surface area (Å²) in [6, 6.07) is 0. The van der Waals surface area contributed by atoms with E-state index in [0.29, 0.717) is 41.0 Å². The summed E-state index contributed by atoms with van der Waals surface area (Å²) in [5, 5.41) is 24.6. The van der Waals surface area contributed by atoms with E-state index >= 15 is 0 Å². The van der Waals surface area contributed by atoms with Gasteiger partial charge in [-0.2, -0.15) is 0 Å². The molecule has 0 heterocycles. The van der Waals surface area contributed by atoms with Gasteiger partial charge in [0.05, 0.1) is 17.1 Å². The highest BCUT2D eigenvalue weighted by Gasteiger charge is 2.67. The molecule has 5 saturated carbocycles. The van der Waals surface area contributed by atoms with Crippen LogP contribution in [0.25, 0.3) is 0 Å². The molecule has 0 aromatic heterocycles. The van der Waals surface area contributed by atoms with Gasteiger partial charge in [-0.15, -0.1) is 6.58 Å². The monoisotopic (exact) mass is 622 g/mol. The van der Waals surface area contributed by atoms with E-state index in [0.717, 1.165) is 43.1 Å².